The molecule has 1 N–H and O–H groups in total. The number of hydrogen-bond acceptors (Lipinski definition) is 9. The number of methoxy groups -OCH3 is 1. The molecule has 220 valence electrons. The second-order valence-electron chi connectivity index (χ2n) is 9.77. The van der Waals surface area contributed by atoms with E-state index in [4.69, 9.17) is 23.7 Å². The van der Waals surface area contributed by atoms with Crippen molar-refractivity contribution in [3.8, 4) is 11.5 Å². The molecule has 0 unspecified atom stereocenters. The number of esters is 2. The van der Waals surface area contributed by atoms with Crippen molar-refractivity contribution in [3.63, 3.8) is 0 Å². The first kappa shape index (κ1) is 32.5. The van der Waals surface area contributed by atoms with Gasteiger partial charge in [-0.1, -0.05) is 26.0 Å². The van der Waals surface area contributed by atoms with Crippen LogP contribution in [0.25, 0.3) is 0 Å². The van der Waals surface area contributed by atoms with Gasteiger partial charge in [0, 0.05) is 31.7 Å². The SMILES string of the molecule is COc1ccnc(C(=O)N[C@@H](C)C(=O)O[C@@H](C)[C@@H](COCCC(C)C)Cc2ccc(F)cc2)c1OCOC(C)=O. The number of amides is 1. The molecule has 40 heavy (non-hydrogen) atoms. The summed E-state index contributed by atoms with van der Waals surface area (Å²) in [6.45, 7) is 9.13. The van der Waals surface area contributed by atoms with E-state index < -0.39 is 36.8 Å². The first-order valence-electron chi connectivity index (χ1n) is 13.1. The third kappa shape index (κ3) is 10.8. The minimum atomic E-state index is -1.03. The summed E-state index contributed by atoms with van der Waals surface area (Å²) in [5, 5.41) is 2.56. The third-order valence-electron chi connectivity index (χ3n) is 6.02. The number of rotatable bonds is 16. The molecule has 3 atom stereocenters. The molecule has 0 fully saturated rings. The topological polar surface area (TPSA) is 122 Å². The number of carbonyl (C=O) groups is 3. The van der Waals surface area contributed by atoms with E-state index in [0.29, 0.717) is 25.6 Å². The van der Waals surface area contributed by atoms with Gasteiger partial charge in [-0.15, -0.1) is 0 Å². The minimum absolute atomic E-state index is 0.0457. The molecule has 0 bridgehead atoms. The van der Waals surface area contributed by atoms with Gasteiger partial charge in [0.2, 0.25) is 6.79 Å². The zero-order valence-electron chi connectivity index (χ0n) is 23.9. The standard InChI is InChI=1S/C29H39FN2O8/c1-18(2)12-14-37-16-23(15-22-7-9-24(30)10-8-22)20(4)40-29(35)19(3)32-28(34)26-27(39-17-38-21(5)33)25(36-6)11-13-31-26/h7-11,13,18-20,23H,12,14-17H2,1-6H3,(H,32,34)/t19-,20-,23+/m0/s1. The van der Waals surface area contributed by atoms with E-state index in [1.807, 2.05) is 0 Å². The summed E-state index contributed by atoms with van der Waals surface area (Å²) in [5.74, 6) is -1.84. The Kier molecular flexibility index (Phi) is 13.3. The summed E-state index contributed by atoms with van der Waals surface area (Å²) in [7, 11) is 1.38. The van der Waals surface area contributed by atoms with Crippen LogP contribution < -0.4 is 14.8 Å². The van der Waals surface area contributed by atoms with Crippen molar-refractivity contribution in [1.82, 2.24) is 10.3 Å². The maximum atomic E-state index is 13.4. The molecule has 0 spiro atoms. The Morgan fingerprint density at radius 3 is 2.38 bits per heavy atom. The van der Waals surface area contributed by atoms with Crippen LogP contribution in [0.2, 0.25) is 0 Å². The van der Waals surface area contributed by atoms with Gasteiger partial charge in [0.05, 0.1) is 13.7 Å². The molecule has 0 aliphatic carbocycles. The average Bonchev–Trinajstić information content (AvgIpc) is 2.90. The van der Waals surface area contributed by atoms with Gasteiger partial charge in [-0.2, -0.15) is 0 Å². The first-order valence-corrected chi connectivity index (χ1v) is 13.1. The maximum absolute atomic E-state index is 13.4. The van der Waals surface area contributed by atoms with Gasteiger partial charge < -0.3 is 29.0 Å². The van der Waals surface area contributed by atoms with Crippen LogP contribution in [0, 0.1) is 17.7 Å². The van der Waals surface area contributed by atoms with Crippen LogP contribution in [0.5, 0.6) is 11.5 Å². The van der Waals surface area contributed by atoms with Crippen molar-refractivity contribution >= 4 is 17.8 Å². The highest BCUT2D eigenvalue weighted by atomic mass is 19.1. The Morgan fingerprint density at radius 1 is 1.05 bits per heavy atom. The number of aromatic nitrogens is 1. The second kappa shape index (κ2) is 16.4. The summed E-state index contributed by atoms with van der Waals surface area (Å²) < 4.78 is 40.4. The second-order valence-corrected chi connectivity index (χ2v) is 9.77. The Morgan fingerprint density at radius 2 is 1.75 bits per heavy atom. The van der Waals surface area contributed by atoms with Crippen LogP contribution in [0.1, 0.15) is 57.1 Å². The van der Waals surface area contributed by atoms with Gasteiger partial charge in [0.25, 0.3) is 5.91 Å². The van der Waals surface area contributed by atoms with Crippen LogP contribution in [0.15, 0.2) is 36.5 Å². The van der Waals surface area contributed by atoms with Crippen molar-refractivity contribution in [2.24, 2.45) is 11.8 Å². The molecule has 1 amide bonds. The lowest BCUT2D eigenvalue weighted by atomic mass is 9.95. The lowest BCUT2D eigenvalue weighted by Gasteiger charge is -2.26. The summed E-state index contributed by atoms with van der Waals surface area (Å²) in [5.41, 5.74) is 0.723. The van der Waals surface area contributed by atoms with Gasteiger partial charge in [-0.25, -0.2) is 14.2 Å². The van der Waals surface area contributed by atoms with E-state index >= 15 is 0 Å². The smallest absolute Gasteiger partial charge is 0.328 e. The zero-order chi connectivity index (χ0) is 29.7. The van der Waals surface area contributed by atoms with Crippen LogP contribution in [-0.2, 0) is 30.2 Å². The first-order chi connectivity index (χ1) is 19.0. The highest BCUT2D eigenvalue weighted by molar-refractivity contribution is 5.98. The number of benzene rings is 1. The van der Waals surface area contributed by atoms with Gasteiger partial charge in [-0.3, -0.25) is 9.59 Å². The Hall–Kier alpha value is -3.73. The van der Waals surface area contributed by atoms with E-state index in [2.05, 4.69) is 24.1 Å². The highest BCUT2D eigenvalue weighted by Gasteiger charge is 2.27. The molecule has 11 heteroatoms. The largest absolute Gasteiger partial charge is 0.493 e. The normalized spacial score (nSPS) is 13.2. The number of ether oxygens (including phenoxy) is 5. The number of hydrogen-bond donors (Lipinski definition) is 1. The number of nitrogens with one attached hydrogen (secondary N) is 1. The summed E-state index contributed by atoms with van der Waals surface area (Å²) in [6, 6.07) is 6.60. The molecule has 1 aromatic heterocycles. The Balaban J connectivity index is 2.07. The lowest BCUT2D eigenvalue weighted by molar-refractivity contribution is -0.154. The highest BCUT2D eigenvalue weighted by Crippen LogP contribution is 2.29. The number of pyridine rings is 1. The van der Waals surface area contributed by atoms with E-state index in [1.54, 1.807) is 19.1 Å². The lowest BCUT2D eigenvalue weighted by Crippen LogP contribution is -2.42. The summed E-state index contributed by atoms with van der Waals surface area (Å²) >= 11 is 0. The fraction of sp³-hybridized carbons (Fsp3) is 0.517. The zero-order valence-corrected chi connectivity index (χ0v) is 23.9. The quantitative estimate of drug-likeness (QED) is 0.183. The average molecular weight is 563 g/mol. The van der Waals surface area contributed by atoms with Crippen LogP contribution in [0.4, 0.5) is 4.39 Å². The molecular formula is C29H39FN2O8. The van der Waals surface area contributed by atoms with Crippen molar-refractivity contribution in [1.29, 1.82) is 0 Å². The molecule has 0 radical (unpaired) electrons. The number of nitrogens with zero attached hydrogens (tertiary/aromatic N) is 1. The van der Waals surface area contributed by atoms with Gasteiger partial charge >= 0.3 is 11.9 Å². The Labute approximate surface area is 234 Å². The minimum Gasteiger partial charge on any atom is -0.493 e. The molecular weight excluding hydrogens is 523 g/mol. The van der Waals surface area contributed by atoms with Crippen molar-refractivity contribution < 1.29 is 42.5 Å². The predicted molar refractivity (Wildman–Crippen MR) is 144 cm³/mol. The van der Waals surface area contributed by atoms with Crippen LogP contribution in [-0.4, -0.2) is 62.1 Å². The van der Waals surface area contributed by atoms with Crippen LogP contribution >= 0.6 is 0 Å². The molecule has 2 rings (SSSR count). The predicted octanol–water partition coefficient (Wildman–Crippen LogP) is 4.10. The molecule has 0 aliphatic heterocycles. The van der Waals surface area contributed by atoms with Gasteiger partial charge in [-0.05, 0) is 50.3 Å². The molecule has 0 saturated heterocycles. The number of halogens is 1. The van der Waals surface area contributed by atoms with E-state index in [1.165, 1.54) is 45.4 Å². The van der Waals surface area contributed by atoms with Gasteiger partial charge in [0.15, 0.2) is 17.2 Å². The van der Waals surface area contributed by atoms with E-state index in [-0.39, 0.29) is 28.9 Å². The summed E-state index contributed by atoms with van der Waals surface area (Å²) in [4.78, 5) is 41.0. The molecule has 1 aromatic carbocycles. The van der Waals surface area contributed by atoms with E-state index in [0.717, 1.165) is 12.0 Å². The van der Waals surface area contributed by atoms with Gasteiger partial charge in [0.1, 0.15) is 18.0 Å². The van der Waals surface area contributed by atoms with E-state index in [9.17, 15) is 18.8 Å². The number of carbonyl (C=O) groups excluding carboxylic acids is 3. The Bertz CT molecular complexity index is 1110. The fourth-order valence-corrected chi connectivity index (χ4v) is 3.61. The molecule has 0 saturated carbocycles. The van der Waals surface area contributed by atoms with Crippen molar-refractivity contribution in [2.45, 2.75) is 59.6 Å². The fourth-order valence-electron chi connectivity index (χ4n) is 3.61. The van der Waals surface area contributed by atoms with Crippen LogP contribution in [0.3, 0.4) is 0 Å². The van der Waals surface area contributed by atoms with Crippen molar-refractivity contribution in [3.05, 3.63) is 53.6 Å². The monoisotopic (exact) mass is 562 g/mol. The molecule has 0 aliphatic rings. The molecule has 10 nitrogen and oxygen atoms in total. The summed E-state index contributed by atoms with van der Waals surface area (Å²) in [6.07, 6.45) is 2.18. The molecule has 2 aromatic rings. The molecule has 1 heterocycles. The maximum Gasteiger partial charge on any atom is 0.328 e. The van der Waals surface area contributed by atoms with Crippen molar-refractivity contribution in [2.75, 3.05) is 27.1 Å². The third-order valence-corrected chi connectivity index (χ3v) is 6.02.